The van der Waals surface area contributed by atoms with Crippen molar-refractivity contribution < 1.29 is 0 Å². The van der Waals surface area contributed by atoms with Gasteiger partial charge in [-0.1, -0.05) is 43.2 Å². The number of likely N-dealkylation sites (tertiary alicyclic amines) is 1. The van der Waals surface area contributed by atoms with Crippen LogP contribution in [0.2, 0.25) is 0 Å². The number of nitrogens with one attached hydrogen (secondary N) is 1. The summed E-state index contributed by atoms with van der Waals surface area (Å²) in [5, 5.41) is 3.82. The number of rotatable bonds is 5. The first-order valence-corrected chi connectivity index (χ1v) is 7.96. The van der Waals surface area contributed by atoms with E-state index in [1.165, 1.54) is 57.2 Å². The van der Waals surface area contributed by atoms with Crippen LogP contribution in [0.4, 0.5) is 0 Å². The van der Waals surface area contributed by atoms with Gasteiger partial charge in [0.25, 0.3) is 0 Å². The molecule has 3 rings (SSSR count). The van der Waals surface area contributed by atoms with Crippen molar-refractivity contribution in [2.24, 2.45) is 0 Å². The van der Waals surface area contributed by atoms with Crippen LogP contribution < -0.4 is 5.32 Å². The summed E-state index contributed by atoms with van der Waals surface area (Å²) in [5.74, 6) is 0. The Labute approximate surface area is 117 Å². The molecule has 0 aromatic heterocycles. The van der Waals surface area contributed by atoms with Crippen LogP contribution in [-0.2, 0) is 0 Å². The van der Waals surface area contributed by atoms with E-state index in [0.717, 1.165) is 12.6 Å². The third-order valence-electron chi connectivity index (χ3n) is 4.72. The number of hydrogen-bond donors (Lipinski definition) is 1. The standard InChI is InChI=1S/C17H26N2/c1-2-8-15(9-3-1)17(19-12-6-7-13-19)14-18-16-10-4-5-11-16/h1-3,8-9,16-18H,4-7,10-14H2. The molecule has 104 valence electrons. The molecule has 1 heterocycles. The van der Waals surface area contributed by atoms with Gasteiger partial charge in [0.2, 0.25) is 0 Å². The molecule has 1 atom stereocenters. The van der Waals surface area contributed by atoms with Crippen LogP contribution in [0.25, 0.3) is 0 Å². The van der Waals surface area contributed by atoms with E-state index in [4.69, 9.17) is 0 Å². The Kier molecular flexibility index (Phi) is 4.52. The van der Waals surface area contributed by atoms with E-state index in [2.05, 4.69) is 40.5 Å². The minimum absolute atomic E-state index is 0.573. The second-order valence-electron chi connectivity index (χ2n) is 6.06. The zero-order chi connectivity index (χ0) is 12.9. The lowest BCUT2D eigenvalue weighted by Crippen LogP contribution is -2.37. The summed E-state index contributed by atoms with van der Waals surface area (Å²) >= 11 is 0. The number of nitrogens with zero attached hydrogens (tertiary/aromatic N) is 1. The maximum Gasteiger partial charge on any atom is 0.0472 e. The topological polar surface area (TPSA) is 15.3 Å². The third kappa shape index (κ3) is 3.37. The van der Waals surface area contributed by atoms with Gasteiger partial charge in [-0.2, -0.15) is 0 Å². The molecule has 1 unspecified atom stereocenters. The van der Waals surface area contributed by atoms with Crippen molar-refractivity contribution in [2.75, 3.05) is 19.6 Å². The Bertz CT molecular complexity index is 364. The highest BCUT2D eigenvalue weighted by atomic mass is 15.2. The summed E-state index contributed by atoms with van der Waals surface area (Å²) in [5.41, 5.74) is 1.48. The van der Waals surface area contributed by atoms with Gasteiger partial charge in [0.05, 0.1) is 0 Å². The summed E-state index contributed by atoms with van der Waals surface area (Å²) in [6, 6.07) is 12.4. The molecule has 1 saturated heterocycles. The molecule has 1 aromatic carbocycles. The molecule has 0 amide bonds. The molecule has 2 nitrogen and oxygen atoms in total. The van der Waals surface area contributed by atoms with Crippen LogP contribution in [0.15, 0.2) is 30.3 Å². The Balaban J connectivity index is 1.65. The quantitative estimate of drug-likeness (QED) is 0.871. The van der Waals surface area contributed by atoms with Gasteiger partial charge >= 0.3 is 0 Å². The maximum absolute atomic E-state index is 3.82. The summed E-state index contributed by atoms with van der Waals surface area (Å²) in [4.78, 5) is 2.66. The second kappa shape index (κ2) is 6.53. The van der Waals surface area contributed by atoms with Crippen LogP contribution in [-0.4, -0.2) is 30.6 Å². The molecule has 1 N–H and O–H groups in total. The first-order valence-electron chi connectivity index (χ1n) is 7.96. The highest BCUT2D eigenvalue weighted by Crippen LogP contribution is 2.25. The molecule has 2 aliphatic rings. The van der Waals surface area contributed by atoms with Crippen LogP contribution in [0.3, 0.4) is 0 Å². The van der Waals surface area contributed by atoms with E-state index in [1.807, 2.05) is 0 Å². The Morgan fingerprint density at radius 1 is 1.00 bits per heavy atom. The number of hydrogen-bond acceptors (Lipinski definition) is 2. The second-order valence-corrected chi connectivity index (χ2v) is 6.06. The molecular formula is C17H26N2. The molecule has 1 aliphatic carbocycles. The fourth-order valence-corrected chi connectivity index (χ4v) is 3.59. The smallest absolute Gasteiger partial charge is 0.0472 e. The van der Waals surface area contributed by atoms with E-state index >= 15 is 0 Å². The van der Waals surface area contributed by atoms with Gasteiger partial charge < -0.3 is 5.32 Å². The minimum atomic E-state index is 0.573. The molecule has 0 radical (unpaired) electrons. The van der Waals surface area contributed by atoms with E-state index in [9.17, 15) is 0 Å². The lowest BCUT2D eigenvalue weighted by molar-refractivity contribution is 0.232. The van der Waals surface area contributed by atoms with E-state index in [-0.39, 0.29) is 0 Å². The maximum atomic E-state index is 3.82. The third-order valence-corrected chi connectivity index (χ3v) is 4.72. The molecule has 0 bridgehead atoms. The van der Waals surface area contributed by atoms with Gasteiger partial charge in [-0.15, -0.1) is 0 Å². The van der Waals surface area contributed by atoms with Crippen molar-refractivity contribution in [3.63, 3.8) is 0 Å². The summed E-state index contributed by atoms with van der Waals surface area (Å²) in [7, 11) is 0. The lowest BCUT2D eigenvalue weighted by atomic mass is 10.0. The molecule has 2 fully saturated rings. The largest absolute Gasteiger partial charge is 0.312 e. The minimum Gasteiger partial charge on any atom is -0.312 e. The van der Waals surface area contributed by atoms with Gasteiger partial charge in [-0.05, 0) is 44.3 Å². The van der Waals surface area contributed by atoms with Gasteiger partial charge in [-0.25, -0.2) is 0 Å². The molecule has 1 aromatic rings. The van der Waals surface area contributed by atoms with Crippen molar-refractivity contribution in [1.29, 1.82) is 0 Å². The van der Waals surface area contributed by atoms with Crippen molar-refractivity contribution in [2.45, 2.75) is 50.6 Å². The van der Waals surface area contributed by atoms with Crippen molar-refractivity contribution in [1.82, 2.24) is 10.2 Å². The Morgan fingerprint density at radius 2 is 1.68 bits per heavy atom. The molecule has 2 heteroatoms. The predicted octanol–water partition coefficient (Wildman–Crippen LogP) is 3.36. The Hall–Kier alpha value is -0.860. The SMILES string of the molecule is c1ccc(C(CNC2CCCC2)N2CCCC2)cc1. The van der Waals surface area contributed by atoms with E-state index in [1.54, 1.807) is 0 Å². The van der Waals surface area contributed by atoms with Gasteiger partial charge in [0.1, 0.15) is 0 Å². The summed E-state index contributed by atoms with van der Waals surface area (Å²) in [6.07, 6.45) is 8.32. The lowest BCUT2D eigenvalue weighted by Gasteiger charge is -2.29. The monoisotopic (exact) mass is 258 g/mol. The number of benzene rings is 1. The first-order chi connectivity index (χ1) is 9.43. The molecule has 0 spiro atoms. The highest BCUT2D eigenvalue weighted by Gasteiger charge is 2.24. The van der Waals surface area contributed by atoms with Crippen molar-refractivity contribution >= 4 is 0 Å². The zero-order valence-electron chi connectivity index (χ0n) is 11.9. The molecule has 1 aliphatic heterocycles. The summed E-state index contributed by atoms with van der Waals surface area (Å²) in [6.45, 7) is 3.66. The van der Waals surface area contributed by atoms with Crippen molar-refractivity contribution in [3.8, 4) is 0 Å². The normalized spacial score (nSPS) is 22.9. The van der Waals surface area contributed by atoms with E-state index in [0.29, 0.717) is 6.04 Å². The fraction of sp³-hybridized carbons (Fsp3) is 0.647. The van der Waals surface area contributed by atoms with Crippen LogP contribution >= 0.6 is 0 Å². The fourth-order valence-electron chi connectivity index (χ4n) is 3.59. The summed E-state index contributed by atoms with van der Waals surface area (Å²) < 4.78 is 0. The average molecular weight is 258 g/mol. The molecule has 1 saturated carbocycles. The zero-order valence-corrected chi connectivity index (χ0v) is 11.9. The molecule has 19 heavy (non-hydrogen) atoms. The van der Waals surface area contributed by atoms with Crippen LogP contribution in [0, 0.1) is 0 Å². The van der Waals surface area contributed by atoms with Gasteiger partial charge in [0.15, 0.2) is 0 Å². The van der Waals surface area contributed by atoms with Gasteiger partial charge in [0, 0.05) is 18.6 Å². The Morgan fingerprint density at radius 3 is 2.37 bits per heavy atom. The van der Waals surface area contributed by atoms with E-state index < -0.39 is 0 Å². The van der Waals surface area contributed by atoms with Crippen molar-refractivity contribution in [3.05, 3.63) is 35.9 Å². The van der Waals surface area contributed by atoms with Gasteiger partial charge in [-0.3, -0.25) is 4.90 Å². The first kappa shape index (κ1) is 13.1. The van der Waals surface area contributed by atoms with Crippen LogP contribution in [0.1, 0.15) is 50.1 Å². The van der Waals surface area contributed by atoms with Crippen LogP contribution in [0.5, 0.6) is 0 Å². The average Bonchev–Trinajstić information content (AvgIpc) is 3.13. The highest BCUT2D eigenvalue weighted by molar-refractivity contribution is 5.19. The predicted molar refractivity (Wildman–Crippen MR) is 80.2 cm³/mol. The molecular weight excluding hydrogens is 232 g/mol.